The molecule has 1 heterocycles. The van der Waals surface area contributed by atoms with Crippen molar-refractivity contribution in [3.63, 3.8) is 0 Å². The van der Waals surface area contributed by atoms with Gasteiger partial charge in [-0.05, 0) is 11.8 Å². The average molecular weight is 156 g/mol. The highest BCUT2D eigenvalue weighted by Gasteiger charge is 2.13. The van der Waals surface area contributed by atoms with Gasteiger partial charge in [-0.3, -0.25) is 0 Å². The highest BCUT2D eigenvalue weighted by atomic mass is 16.6. The van der Waals surface area contributed by atoms with Crippen LogP contribution in [0.25, 0.3) is 0 Å². The van der Waals surface area contributed by atoms with Crippen LogP contribution < -0.4 is 0 Å². The van der Waals surface area contributed by atoms with Crippen molar-refractivity contribution in [3.05, 3.63) is 27.4 Å². The predicted molar refractivity (Wildman–Crippen MR) is 38.1 cm³/mol. The highest BCUT2D eigenvalue weighted by molar-refractivity contribution is 5.38. The molecule has 0 aliphatic heterocycles. The number of rotatable bonds is 2. The first-order valence-corrected chi connectivity index (χ1v) is 3.09. The van der Waals surface area contributed by atoms with Gasteiger partial charge in [0.05, 0.1) is 18.4 Å². The van der Waals surface area contributed by atoms with E-state index >= 15 is 0 Å². The zero-order chi connectivity index (χ0) is 8.43. The van der Waals surface area contributed by atoms with E-state index in [1.54, 1.807) is 6.92 Å². The molecule has 0 saturated carbocycles. The lowest BCUT2D eigenvalue weighted by atomic mass is 10.2. The van der Waals surface area contributed by atoms with Crippen molar-refractivity contribution >= 4 is 5.82 Å². The summed E-state index contributed by atoms with van der Waals surface area (Å²) in [7, 11) is 0. The topological polar surface area (TPSA) is 79.2 Å². The molecule has 5 heteroatoms. The van der Waals surface area contributed by atoms with Crippen LogP contribution in [0.15, 0.2) is 6.20 Å². The number of aliphatic hydroxyl groups excluding tert-OH is 1. The summed E-state index contributed by atoms with van der Waals surface area (Å²) in [6.07, 6.45) is 1.44. The third-order valence-corrected chi connectivity index (χ3v) is 1.57. The van der Waals surface area contributed by atoms with Crippen LogP contribution in [0.1, 0.15) is 11.1 Å². The standard InChI is InChI=1S/C6H8N2O3/c1-4-5(3-9)2-7-6(4)8(10)11/h2,7,9H,3H2,1H3. The van der Waals surface area contributed by atoms with Gasteiger partial charge < -0.3 is 15.2 Å². The van der Waals surface area contributed by atoms with Gasteiger partial charge in [0, 0.05) is 5.56 Å². The predicted octanol–water partition coefficient (Wildman–Crippen LogP) is 0.724. The summed E-state index contributed by atoms with van der Waals surface area (Å²) in [5.41, 5.74) is 1.06. The molecule has 0 aromatic carbocycles. The number of hydrogen-bond donors (Lipinski definition) is 2. The van der Waals surface area contributed by atoms with Crippen molar-refractivity contribution in [2.75, 3.05) is 0 Å². The lowest BCUT2D eigenvalue weighted by molar-refractivity contribution is -0.389. The third kappa shape index (κ3) is 1.22. The van der Waals surface area contributed by atoms with E-state index in [-0.39, 0.29) is 12.4 Å². The molecule has 60 valence electrons. The van der Waals surface area contributed by atoms with Crippen LogP contribution in [0.3, 0.4) is 0 Å². The Morgan fingerprint density at radius 1 is 1.82 bits per heavy atom. The Labute approximate surface area is 62.8 Å². The summed E-state index contributed by atoms with van der Waals surface area (Å²) in [6, 6.07) is 0. The molecule has 0 spiro atoms. The van der Waals surface area contributed by atoms with Crippen LogP contribution in [-0.2, 0) is 6.61 Å². The molecular weight excluding hydrogens is 148 g/mol. The molecule has 0 fully saturated rings. The van der Waals surface area contributed by atoms with Crippen molar-refractivity contribution in [1.29, 1.82) is 0 Å². The number of nitrogens with one attached hydrogen (secondary N) is 1. The summed E-state index contributed by atoms with van der Waals surface area (Å²) >= 11 is 0. The zero-order valence-electron chi connectivity index (χ0n) is 6.00. The molecule has 11 heavy (non-hydrogen) atoms. The van der Waals surface area contributed by atoms with Crippen LogP contribution in [0.2, 0.25) is 0 Å². The summed E-state index contributed by atoms with van der Waals surface area (Å²) in [4.78, 5) is 12.2. The molecule has 0 aliphatic rings. The smallest absolute Gasteiger partial charge is 0.324 e. The molecule has 1 rings (SSSR count). The quantitative estimate of drug-likeness (QED) is 0.489. The molecule has 0 atom stereocenters. The lowest BCUT2D eigenvalue weighted by Crippen LogP contribution is -1.90. The third-order valence-electron chi connectivity index (χ3n) is 1.57. The number of aromatic nitrogens is 1. The number of aromatic amines is 1. The number of aliphatic hydroxyl groups is 1. The summed E-state index contributed by atoms with van der Waals surface area (Å²) in [6.45, 7) is 1.43. The zero-order valence-corrected chi connectivity index (χ0v) is 6.00. The molecule has 0 saturated heterocycles. The maximum atomic E-state index is 10.2. The van der Waals surface area contributed by atoms with Gasteiger partial charge in [0.2, 0.25) is 0 Å². The van der Waals surface area contributed by atoms with Crippen molar-refractivity contribution < 1.29 is 10.0 Å². The van der Waals surface area contributed by atoms with Crippen LogP contribution >= 0.6 is 0 Å². The second kappa shape index (κ2) is 2.71. The number of H-pyrrole nitrogens is 1. The van der Waals surface area contributed by atoms with Crippen molar-refractivity contribution in [2.24, 2.45) is 0 Å². The van der Waals surface area contributed by atoms with E-state index in [1.165, 1.54) is 6.20 Å². The first-order valence-electron chi connectivity index (χ1n) is 3.09. The molecule has 0 aliphatic carbocycles. The number of nitro groups is 1. The first kappa shape index (κ1) is 7.74. The van der Waals surface area contributed by atoms with E-state index in [4.69, 9.17) is 5.11 Å². The van der Waals surface area contributed by atoms with Crippen molar-refractivity contribution in [2.45, 2.75) is 13.5 Å². The van der Waals surface area contributed by atoms with Gasteiger partial charge in [-0.25, -0.2) is 4.98 Å². The van der Waals surface area contributed by atoms with Crippen molar-refractivity contribution in [3.8, 4) is 0 Å². The molecule has 1 aromatic rings. The first-order chi connectivity index (χ1) is 5.16. The number of nitrogens with zero attached hydrogens (tertiary/aromatic N) is 1. The second-order valence-electron chi connectivity index (χ2n) is 2.20. The molecule has 0 radical (unpaired) electrons. The molecular formula is C6H8N2O3. The fraction of sp³-hybridized carbons (Fsp3) is 0.333. The highest BCUT2D eigenvalue weighted by Crippen LogP contribution is 2.19. The fourth-order valence-electron chi connectivity index (χ4n) is 0.878. The maximum absolute atomic E-state index is 10.2. The molecule has 0 amide bonds. The molecule has 5 nitrogen and oxygen atoms in total. The van der Waals surface area contributed by atoms with E-state index < -0.39 is 4.92 Å². The van der Waals surface area contributed by atoms with E-state index in [0.717, 1.165) is 0 Å². The minimum absolute atomic E-state index is 0.0472. The molecule has 0 unspecified atom stereocenters. The van der Waals surface area contributed by atoms with Gasteiger partial charge in [-0.2, -0.15) is 0 Å². The van der Waals surface area contributed by atoms with Gasteiger partial charge in [0.15, 0.2) is 0 Å². The monoisotopic (exact) mass is 156 g/mol. The van der Waals surface area contributed by atoms with E-state index in [2.05, 4.69) is 4.98 Å². The average Bonchev–Trinajstić information content (AvgIpc) is 2.30. The van der Waals surface area contributed by atoms with Gasteiger partial charge in [0.25, 0.3) is 0 Å². The maximum Gasteiger partial charge on any atom is 0.324 e. The summed E-state index contributed by atoms with van der Waals surface area (Å²) < 4.78 is 0. The Balaban J connectivity index is 3.10. The Morgan fingerprint density at radius 2 is 2.45 bits per heavy atom. The summed E-state index contributed by atoms with van der Waals surface area (Å²) in [5, 5.41) is 18.9. The minimum atomic E-state index is -0.505. The Bertz CT molecular complexity index is 279. The lowest BCUT2D eigenvalue weighted by Gasteiger charge is -1.92. The van der Waals surface area contributed by atoms with Crippen LogP contribution in [-0.4, -0.2) is 15.0 Å². The van der Waals surface area contributed by atoms with Gasteiger partial charge in [-0.15, -0.1) is 0 Å². The van der Waals surface area contributed by atoms with E-state index in [1.807, 2.05) is 0 Å². The fourth-order valence-corrected chi connectivity index (χ4v) is 0.878. The second-order valence-corrected chi connectivity index (χ2v) is 2.20. The molecule has 0 bridgehead atoms. The normalized spacial score (nSPS) is 10.0. The van der Waals surface area contributed by atoms with Gasteiger partial charge >= 0.3 is 5.82 Å². The summed E-state index contributed by atoms with van der Waals surface area (Å²) in [5.74, 6) is -0.0472. The molecule has 2 N–H and O–H groups in total. The van der Waals surface area contributed by atoms with E-state index in [9.17, 15) is 10.1 Å². The van der Waals surface area contributed by atoms with Gasteiger partial charge in [0.1, 0.15) is 0 Å². The SMILES string of the molecule is Cc1c(CO)c[nH]c1[N+](=O)[O-]. The largest absolute Gasteiger partial charge is 0.392 e. The van der Waals surface area contributed by atoms with Crippen LogP contribution in [0, 0.1) is 17.0 Å². The van der Waals surface area contributed by atoms with Crippen molar-refractivity contribution in [1.82, 2.24) is 4.98 Å². The number of hydrogen-bond acceptors (Lipinski definition) is 3. The van der Waals surface area contributed by atoms with Crippen LogP contribution in [0.5, 0.6) is 0 Å². The Hall–Kier alpha value is -1.36. The van der Waals surface area contributed by atoms with Crippen LogP contribution in [0.4, 0.5) is 5.82 Å². The minimum Gasteiger partial charge on any atom is -0.392 e. The molecule has 1 aromatic heterocycles. The Morgan fingerprint density at radius 3 is 2.73 bits per heavy atom. The Kier molecular flexibility index (Phi) is 1.91. The van der Waals surface area contributed by atoms with Gasteiger partial charge in [-0.1, -0.05) is 0 Å². The van der Waals surface area contributed by atoms with E-state index in [0.29, 0.717) is 11.1 Å².